The second kappa shape index (κ2) is 3.66. The molecule has 0 aromatic carbocycles. The number of aryl methyl sites for hydroxylation is 1. The molecule has 1 heterocycles. The minimum Gasteiger partial charge on any atom is -0.282 e. The molecule has 8 nitrogen and oxygen atoms in total. The largest absolute Gasteiger partial charge is 0.361 e. The molecule has 10 heteroatoms. The van der Waals surface area contributed by atoms with Gasteiger partial charge in [0.15, 0.2) is 0 Å². The van der Waals surface area contributed by atoms with Crippen LogP contribution in [-0.4, -0.2) is 28.8 Å². The third-order valence-corrected chi connectivity index (χ3v) is 2.25. The van der Waals surface area contributed by atoms with E-state index in [2.05, 4.69) is 5.10 Å². The van der Waals surface area contributed by atoms with Gasteiger partial charge in [-0.3, -0.25) is 4.57 Å². The summed E-state index contributed by atoms with van der Waals surface area (Å²) in [7, 11) is 1.93. The Morgan fingerprint density at radius 2 is 2.07 bits per heavy atom. The molecule has 0 saturated heterocycles. The Bertz CT molecular complexity index is 556. The molecule has 0 aliphatic heterocycles. The van der Waals surface area contributed by atoms with Crippen molar-refractivity contribution in [3.63, 3.8) is 0 Å². The zero-order valence-corrected chi connectivity index (χ0v) is 9.33. The maximum atomic E-state index is 11.3. The highest BCUT2D eigenvalue weighted by Crippen LogP contribution is 1.91. The van der Waals surface area contributed by atoms with Gasteiger partial charge in [-0.25, -0.2) is 14.3 Å². The van der Waals surface area contributed by atoms with Crippen LogP contribution in [0.2, 0.25) is 0 Å². The molecule has 84 valence electrons. The SMILES string of the molecule is Cc1nn(C(=O)NS(=O)(=O)Cl)c(=O)n1C. The van der Waals surface area contributed by atoms with Crippen molar-refractivity contribution in [1.82, 2.24) is 19.1 Å². The van der Waals surface area contributed by atoms with Gasteiger partial charge in [0.2, 0.25) is 0 Å². The molecular weight excluding hydrogens is 248 g/mol. The van der Waals surface area contributed by atoms with E-state index in [0.29, 0.717) is 4.68 Å². The zero-order valence-electron chi connectivity index (χ0n) is 7.76. The van der Waals surface area contributed by atoms with Crippen molar-refractivity contribution >= 4 is 26.0 Å². The van der Waals surface area contributed by atoms with Crippen LogP contribution in [0.15, 0.2) is 4.79 Å². The molecule has 0 unspecified atom stereocenters. The lowest BCUT2D eigenvalue weighted by Gasteiger charge is -1.97. The fourth-order valence-electron chi connectivity index (χ4n) is 0.815. The van der Waals surface area contributed by atoms with Crippen LogP contribution in [0.4, 0.5) is 4.79 Å². The fraction of sp³-hybridized carbons (Fsp3) is 0.400. The molecule has 0 spiro atoms. The van der Waals surface area contributed by atoms with Crippen LogP contribution in [0.5, 0.6) is 0 Å². The molecule has 0 saturated carbocycles. The maximum absolute atomic E-state index is 11.3. The summed E-state index contributed by atoms with van der Waals surface area (Å²) in [6, 6.07) is -1.22. The van der Waals surface area contributed by atoms with Gasteiger partial charge in [0.1, 0.15) is 5.82 Å². The van der Waals surface area contributed by atoms with Gasteiger partial charge >= 0.3 is 21.0 Å². The Hall–Kier alpha value is -1.35. The molecule has 1 aromatic heterocycles. The van der Waals surface area contributed by atoms with E-state index < -0.39 is 21.0 Å². The van der Waals surface area contributed by atoms with Crippen molar-refractivity contribution in [3.05, 3.63) is 16.3 Å². The molecule has 1 aromatic rings. The first-order valence-corrected chi connectivity index (χ1v) is 5.92. The van der Waals surface area contributed by atoms with E-state index in [4.69, 9.17) is 10.7 Å². The zero-order chi connectivity index (χ0) is 11.8. The Kier molecular flexibility index (Phi) is 2.86. The fourth-order valence-corrected chi connectivity index (χ4v) is 1.31. The highest BCUT2D eigenvalue weighted by atomic mass is 35.7. The number of rotatable bonds is 1. The molecule has 1 amide bonds. The summed E-state index contributed by atoms with van der Waals surface area (Å²) in [5.74, 6) is 0.266. The van der Waals surface area contributed by atoms with Gasteiger partial charge in [0.05, 0.1) is 0 Å². The Labute approximate surface area is 89.0 Å². The van der Waals surface area contributed by atoms with Gasteiger partial charge in [-0.05, 0) is 6.92 Å². The highest BCUT2D eigenvalue weighted by Gasteiger charge is 2.17. The van der Waals surface area contributed by atoms with E-state index in [1.807, 2.05) is 0 Å². The van der Waals surface area contributed by atoms with Crippen LogP contribution >= 0.6 is 10.7 Å². The van der Waals surface area contributed by atoms with Gasteiger partial charge in [-0.2, -0.15) is 8.42 Å². The van der Waals surface area contributed by atoms with Crippen molar-refractivity contribution in [2.75, 3.05) is 0 Å². The lowest BCUT2D eigenvalue weighted by atomic mass is 10.7. The van der Waals surface area contributed by atoms with E-state index in [9.17, 15) is 18.0 Å². The lowest BCUT2D eigenvalue weighted by Crippen LogP contribution is -2.38. The van der Waals surface area contributed by atoms with Gasteiger partial charge in [0.25, 0.3) is 0 Å². The summed E-state index contributed by atoms with van der Waals surface area (Å²) < 4.78 is 23.9. The number of aromatic nitrogens is 3. The van der Waals surface area contributed by atoms with Crippen LogP contribution in [-0.2, 0) is 16.3 Å². The molecule has 0 atom stereocenters. The summed E-state index contributed by atoms with van der Waals surface area (Å²) in [5, 5.41) is 3.53. The Balaban J connectivity index is 3.14. The molecule has 1 rings (SSSR count). The van der Waals surface area contributed by atoms with E-state index in [1.165, 1.54) is 18.7 Å². The molecule has 0 fully saturated rings. The maximum Gasteiger partial charge on any atom is 0.361 e. The van der Waals surface area contributed by atoms with E-state index >= 15 is 0 Å². The molecular formula is C5H7ClN4O4S. The van der Waals surface area contributed by atoms with E-state index in [-0.39, 0.29) is 5.82 Å². The van der Waals surface area contributed by atoms with E-state index in [0.717, 1.165) is 4.57 Å². The van der Waals surface area contributed by atoms with Crippen LogP contribution in [0.25, 0.3) is 0 Å². The number of amides is 1. The number of halogens is 1. The molecule has 15 heavy (non-hydrogen) atoms. The summed E-state index contributed by atoms with van der Waals surface area (Å²) >= 11 is 0. The first kappa shape index (κ1) is 11.7. The monoisotopic (exact) mass is 254 g/mol. The summed E-state index contributed by atoms with van der Waals surface area (Å²) in [6.45, 7) is 1.49. The highest BCUT2D eigenvalue weighted by molar-refractivity contribution is 8.12. The number of carbonyl (C=O) groups excluding carboxylic acids is 1. The third kappa shape index (κ3) is 2.57. The second-order valence-electron chi connectivity index (χ2n) is 2.65. The summed E-state index contributed by atoms with van der Waals surface area (Å²) in [5.41, 5.74) is -0.759. The van der Waals surface area contributed by atoms with Crippen molar-refractivity contribution in [1.29, 1.82) is 0 Å². The first-order valence-electron chi connectivity index (χ1n) is 3.62. The van der Waals surface area contributed by atoms with Crippen LogP contribution < -0.4 is 10.4 Å². The number of hydrogen-bond acceptors (Lipinski definition) is 5. The van der Waals surface area contributed by atoms with Gasteiger partial charge in [0, 0.05) is 17.7 Å². The average Bonchev–Trinajstić information content (AvgIpc) is 2.30. The summed E-state index contributed by atoms with van der Waals surface area (Å²) in [6.07, 6.45) is 0. The average molecular weight is 255 g/mol. The van der Waals surface area contributed by atoms with Gasteiger partial charge in [-0.15, -0.1) is 9.78 Å². The van der Waals surface area contributed by atoms with Crippen molar-refractivity contribution in [3.8, 4) is 0 Å². The van der Waals surface area contributed by atoms with Crippen LogP contribution in [0.3, 0.4) is 0 Å². The Morgan fingerprint density at radius 1 is 1.53 bits per heavy atom. The third-order valence-electron chi connectivity index (χ3n) is 1.60. The van der Waals surface area contributed by atoms with Crippen LogP contribution in [0, 0.1) is 6.92 Å². The summed E-state index contributed by atoms with van der Waals surface area (Å²) in [4.78, 5) is 22.4. The number of carbonyl (C=O) groups is 1. The van der Waals surface area contributed by atoms with Crippen molar-refractivity contribution in [2.24, 2.45) is 7.05 Å². The number of nitrogens with zero attached hydrogens (tertiary/aromatic N) is 3. The lowest BCUT2D eigenvalue weighted by molar-refractivity contribution is 0.243. The Morgan fingerprint density at radius 3 is 2.40 bits per heavy atom. The standard InChI is InChI=1S/C5H7ClN4O4S/c1-3-7-10(5(12)9(3)2)4(11)8-15(6,13)14/h1-2H3,(H,8,11). The quantitative estimate of drug-likeness (QED) is 0.643. The first-order chi connectivity index (χ1) is 6.72. The van der Waals surface area contributed by atoms with Crippen LogP contribution in [0.1, 0.15) is 5.82 Å². The van der Waals surface area contributed by atoms with Crippen molar-refractivity contribution in [2.45, 2.75) is 6.92 Å². The smallest absolute Gasteiger partial charge is 0.282 e. The van der Waals surface area contributed by atoms with E-state index in [1.54, 1.807) is 0 Å². The molecule has 0 bridgehead atoms. The minimum atomic E-state index is -4.23. The molecule has 0 aliphatic carbocycles. The van der Waals surface area contributed by atoms with Gasteiger partial charge in [-0.1, -0.05) is 0 Å². The van der Waals surface area contributed by atoms with Gasteiger partial charge < -0.3 is 0 Å². The predicted molar refractivity (Wildman–Crippen MR) is 50.9 cm³/mol. The number of nitrogens with one attached hydrogen (secondary N) is 1. The molecule has 0 radical (unpaired) electrons. The topological polar surface area (TPSA) is 103 Å². The normalized spacial score (nSPS) is 11.4. The number of hydrogen-bond donors (Lipinski definition) is 1. The molecule has 1 N–H and O–H groups in total. The predicted octanol–water partition coefficient (Wildman–Crippen LogP) is -1.07. The molecule has 0 aliphatic rings. The van der Waals surface area contributed by atoms with Crippen molar-refractivity contribution < 1.29 is 13.2 Å². The minimum absolute atomic E-state index is 0.266. The second-order valence-corrected chi connectivity index (χ2v) is 4.94.